The van der Waals surface area contributed by atoms with Gasteiger partial charge in [-0.2, -0.15) is 23.1 Å². The van der Waals surface area contributed by atoms with Gasteiger partial charge in [0.25, 0.3) is 0 Å². The third-order valence-electron chi connectivity index (χ3n) is 3.00. The van der Waals surface area contributed by atoms with E-state index in [1.54, 1.807) is 6.92 Å². The van der Waals surface area contributed by atoms with E-state index in [0.29, 0.717) is 5.16 Å². The highest BCUT2D eigenvalue weighted by Gasteiger charge is 2.31. The molecule has 0 aliphatic heterocycles. The Morgan fingerprint density at radius 2 is 2.08 bits per heavy atom. The summed E-state index contributed by atoms with van der Waals surface area (Å²) in [7, 11) is 0. The van der Waals surface area contributed by atoms with Gasteiger partial charge < -0.3 is 10.3 Å². The van der Waals surface area contributed by atoms with Gasteiger partial charge in [-0.05, 0) is 19.1 Å². The number of anilines is 1. The first-order chi connectivity index (χ1) is 11.3. The Labute approximate surface area is 137 Å². The molecule has 2 heterocycles. The Kier molecular flexibility index (Phi) is 4.18. The van der Waals surface area contributed by atoms with Crippen molar-refractivity contribution in [2.75, 3.05) is 5.73 Å². The minimum absolute atomic E-state index is 0.0815. The van der Waals surface area contributed by atoms with E-state index in [2.05, 4.69) is 25.3 Å². The molecule has 0 radical (unpaired) electrons. The highest BCUT2D eigenvalue weighted by atomic mass is 32.2. The van der Waals surface area contributed by atoms with E-state index >= 15 is 0 Å². The highest BCUT2D eigenvalue weighted by Crippen LogP contribution is 2.34. The van der Waals surface area contributed by atoms with Crippen molar-refractivity contribution in [2.45, 2.75) is 23.5 Å². The molecule has 126 valence electrons. The summed E-state index contributed by atoms with van der Waals surface area (Å²) in [5.74, 6) is 0.508. The standard InChI is InChI=1S/C13H11F3N6OS/c1-6(24-12-19-11(17)20-21-12)10-18-9(22-23-10)7-3-2-4-8(5-7)13(14,15)16/h2-6H,1H3,(H3,17,19,20,21)/t6-/m0/s1. The summed E-state index contributed by atoms with van der Waals surface area (Å²) in [5, 5.41) is 10.2. The number of hydrogen-bond acceptors (Lipinski definition) is 7. The largest absolute Gasteiger partial charge is 0.416 e. The molecule has 7 nitrogen and oxygen atoms in total. The Morgan fingerprint density at radius 1 is 1.29 bits per heavy atom. The van der Waals surface area contributed by atoms with Crippen molar-refractivity contribution in [3.63, 3.8) is 0 Å². The third-order valence-corrected chi connectivity index (χ3v) is 3.95. The van der Waals surface area contributed by atoms with Gasteiger partial charge in [-0.25, -0.2) is 5.10 Å². The number of H-pyrrole nitrogens is 1. The predicted octanol–water partition coefficient (Wildman–Crippen LogP) is 3.31. The first kappa shape index (κ1) is 16.3. The van der Waals surface area contributed by atoms with Crippen LogP contribution in [0.2, 0.25) is 0 Å². The molecule has 11 heteroatoms. The summed E-state index contributed by atoms with van der Waals surface area (Å²) >= 11 is 1.22. The molecule has 0 unspecified atom stereocenters. The predicted molar refractivity (Wildman–Crippen MR) is 79.8 cm³/mol. The Morgan fingerprint density at radius 3 is 2.75 bits per heavy atom. The van der Waals surface area contributed by atoms with Gasteiger partial charge in [-0.3, -0.25) is 0 Å². The number of halogens is 3. The summed E-state index contributed by atoms with van der Waals surface area (Å²) in [6.45, 7) is 1.78. The van der Waals surface area contributed by atoms with Gasteiger partial charge >= 0.3 is 6.18 Å². The lowest BCUT2D eigenvalue weighted by molar-refractivity contribution is -0.137. The average molecular weight is 356 g/mol. The molecule has 2 aromatic heterocycles. The van der Waals surface area contributed by atoms with Crippen molar-refractivity contribution in [1.29, 1.82) is 0 Å². The van der Waals surface area contributed by atoms with E-state index in [1.165, 1.54) is 23.9 Å². The van der Waals surface area contributed by atoms with Crippen LogP contribution in [0.5, 0.6) is 0 Å². The van der Waals surface area contributed by atoms with Crippen LogP contribution in [-0.4, -0.2) is 25.3 Å². The van der Waals surface area contributed by atoms with Crippen LogP contribution in [-0.2, 0) is 6.18 Å². The summed E-state index contributed by atoms with van der Waals surface area (Å²) in [5.41, 5.74) is 4.88. The van der Waals surface area contributed by atoms with Crippen molar-refractivity contribution in [3.05, 3.63) is 35.7 Å². The number of benzene rings is 1. The number of alkyl halides is 3. The summed E-state index contributed by atoms with van der Waals surface area (Å²) < 4.78 is 43.4. The molecule has 0 fully saturated rings. The maximum absolute atomic E-state index is 12.8. The quantitative estimate of drug-likeness (QED) is 0.691. The van der Waals surface area contributed by atoms with E-state index < -0.39 is 11.7 Å². The lowest BCUT2D eigenvalue weighted by Gasteiger charge is -2.06. The Balaban J connectivity index is 1.80. The first-order valence-electron chi connectivity index (χ1n) is 6.68. The average Bonchev–Trinajstić information content (AvgIpc) is 3.16. The molecule has 0 amide bonds. The minimum atomic E-state index is -4.43. The zero-order chi connectivity index (χ0) is 17.3. The molecule has 3 rings (SSSR count). The monoisotopic (exact) mass is 356 g/mol. The maximum atomic E-state index is 12.8. The Bertz CT molecular complexity index is 846. The van der Waals surface area contributed by atoms with Gasteiger partial charge in [-0.15, -0.1) is 5.10 Å². The number of nitrogens with one attached hydrogen (secondary N) is 1. The van der Waals surface area contributed by atoms with Gasteiger partial charge in [0.2, 0.25) is 22.8 Å². The lowest BCUT2D eigenvalue weighted by atomic mass is 10.1. The van der Waals surface area contributed by atoms with Gasteiger partial charge in [-0.1, -0.05) is 29.1 Å². The number of nitrogens with two attached hydrogens (primary N) is 1. The molecule has 1 aromatic carbocycles. The molecule has 24 heavy (non-hydrogen) atoms. The highest BCUT2D eigenvalue weighted by molar-refractivity contribution is 7.99. The smallest absolute Gasteiger partial charge is 0.368 e. The maximum Gasteiger partial charge on any atom is 0.416 e. The van der Waals surface area contributed by atoms with Crippen LogP contribution in [0.4, 0.5) is 19.1 Å². The van der Waals surface area contributed by atoms with Crippen molar-refractivity contribution >= 4 is 17.7 Å². The van der Waals surface area contributed by atoms with E-state index in [0.717, 1.165) is 12.1 Å². The van der Waals surface area contributed by atoms with Gasteiger partial charge in [0.05, 0.1) is 10.8 Å². The van der Waals surface area contributed by atoms with Crippen LogP contribution >= 0.6 is 11.8 Å². The fourth-order valence-electron chi connectivity index (χ4n) is 1.87. The minimum Gasteiger partial charge on any atom is -0.368 e. The van der Waals surface area contributed by atoms with Crippen molar-refractivity contribution in [1.82, 2.24) is 25.3 Å². The van der Waals surface area contributed by atoms with Crippen LogP contribution in [0.3, 0.4) is 0 Å². The van der Waals surface area contributed by atoms with Gasteiger partial charge in [0.1, 0.15) is 0 Å². The molecule has 0 aliphatic carbocycles. The number of nitrogens with zero attached hydrogens (tertiary/aromatic N) is 4. The number of aromatic nitrogens is 5. The molecule has 3 N–H and O–H groups in total. The number of hydrogen-bond donors (Lipinski definition) is 2. The molecule has 3 aromatic rings. The zero-order valence-electron chi connectivity index (χ0n) is 12.2. The molecule has 0 aliphatic rings. The van der Waals surface area contributed by atoms with E-state index in [9.17, 15) is 13.2 Å². The molecule has 0 bridgehead atoms. The first-order valence-corrected chi connectivity index (χ1v) is 7.56. The topological polar surface area (TPSA) is 107 Å². The number of nitrogen functional groups attached to an aromatic ring is 1. The molecule has 1 atom stereocenters. The second-order valence-electron chi connectivity index (χ2n) is 4.80. The van der Waals surface area contributed by atoms with Crippen molar-refractivity contribution in [2.24, 2.45) is 0 Å². The second kappa shape index (κ2) is 6.15. The SMILES string of the molecule is C[C@H](Sc1n[nH]c(N)n1)c1nc(-c2cccc(C(F)(F)F)c2)no1. The van der Waals surface area contributed by atoms with Gasteiger partial charge in [0, 0.05) is 5.56 Å². The number of rotatable bonds is 4. The van der Waals surface area contributed by atoms with Crippen LogP contribution < -0.4 is 5.73 Å². The summed E-state index contributed by atoms with van der Waals surface area (Å²) in [6.07, 6.45) is -4.43. The van der Waals surface area contributed by atoms with E-state index in [-0.39, 0.29) is 28.5 Å². The third kappa shape index (κ3) is 3.50. The molecule has 0 saturated heterocycles. The van der Waals surface area contributed by atoms with Crippen LogP contribution in [0.15, 0.2) is 33.9 Å². The van der Waals surface area contributed by atoms with Gasteiger partial charge in [0.15, 0.2) is 0 Å². The molecule has 0 spiro atoms. The van der Waals surface area contributed by atoms with E-state index in [1.807, 2.05) is 0 Å². The molecular formula is C13H11F3N6OS. The van der Waals surface area contributed by atoms with E-state index in [4.69, 9.17) is 10.3 Å². The van der Waals surface area contributed by atoms with Crippen LogP contribution in [0.25, 0.3) is 11.4 Å². The lowest BCUT2D eigenvalue weighted by Crippen LogP contribution is -2.04. The van der Waals surface area contributed by atoms with Crippen molar-refractivity contribution in [3.8, 4) is 11.4 Å². The number of thioether (sulfide) groups is 1. The van der Waals surface area contributed by atoms with Crippen LogP contribution in [0, 0.1) is 0 Å². The fraction of sp³-hybridized carbons (Fsp3) is 0.231. The molecule has 0 saturated carbocycles. The zero-order valence-corrected chi connectivity index (χ0v) is 13.0. The number of aromatic amines is 1. The normalized spacial score (nSPS) is 13.2. The Hall–Kier alpha value is -2.56. The summed E-state index contributed by atoms with van der Waals surface area (Å²) in [4.78, 5) is 8.08. The second-order valence-corrected chi connectivity index (χ2v) is 6.11. The van der Waals surface area contributed by atoms with Crippen LogP contribution in [0.1, 0.15) is 23.6 Å². The summed E-state index contributed by atoms with van der Waals surface area (Å²) in [6, 6.07) is 4.74. The molecular weight excluding hydrogens is 345 g/mol. The van der Waals surface area contributed by atoms with Crippen molar-refractivity contribution < 1.29 is 17.7 Å². The fourth-order valence-corrected chi connectivity index (χ4v) is 2.63.